The summed E-state index contributed by atoms with van der Waals surface area (Å²) in [5.41, 5.74) is -0.0773. The van der Waals surface area contributed by atoms with Crippen molar-refractivity contribution >= 4 is 16.9 Å². The van der Waals surface area contributed by atoms with E-state index in [1.165, 1.54) is 4.90 Å². The van der Waals surface area contributed by atoms with Crippen molar-refractivity contribution in [1.29, 1.82) is 0 Å². The van der Waals surface area contributed by atoms with Crippen LogP contribution in [0.4, 0.5) is 4.39 Å². The van der Waals surface area contributed by atoms with Gasteiger partial charge in [0.2, 0.25) is 10.7 Å². The van der Waals surface area contributed by atoms with Gasteiger partial charge in [0.25, 0.3) is 0 Å². The number of nitrogens with zero attached hydrogens (tertiary/aromatic N) is 2. The minimum atomic E-state index is -1.74. The maximum atomic E-state index is 15.0. The molecule has 0 saturated carbocycles. The van der Waals surface area contributed by atoms with Gasteiger partial charge in [-0.25, -0.2) is 4.39 Å². The molecule has 5 heteroatoms. The van der Waals surface area contributed by atoms with Gasteiger partial charge in [-0.05, 0) is 17.3 Å². The maximum Gasteiger partial charge on any atom is 0.219 e. The van der Waals surface area contributed by atoms with Crippen LogP contribution in [0.15, 0.2) is 29.3 Å². The van der Waals surface area contributed by atoms with Gasteiger partial charge in [-0.2, -0.15) is 0 Å². The molecule has 1 saturated heterocycles. The van der Waals surface area contributed by atoms with Gasteiger partial charge in [0.05, 0.1) is 0 Å². The summed E-state index contributed by atoms with van der Waals surface area (Å²) < 4.78 is 15.0. The summed E-state index contributed by atoms with van der Waals surface area (Å²) in [6.07, 6.45) is 0.216. The molecular weight excluding hydrogens is 239 g/mol. The Labute approximate surface area is 103 Å². The van der Waals surface area contributed by atoms with Crippen molar-refractivity contribution in [2.45, 2.75) is 17.1 Å². The first kappa shape index (κ1) is 11.0. The molecule has 1 aromatic rings. The fraction of sp³-hybridized carbons (Fsp3) is 0.417. The van der Waals surface area contributed by atoms with Crippen molar-refractivity contribution in [2.24, 2.45) is 4.99 Å². The van der Waals surface area contributed by atoms with E-state index in [1.807, 2.05) is 18.2 Å². The molecule has 1 aromatic carbocycles. The van der Waals surface area contributed by atoms with Gasteiger partial charge >= 0.3 is 0 Å². The van der Waals surface area contributed by atoms with E-state index < -0.39 is 10.7 Å². The van der Waals surface area contributed by atoms with E-state index in [0.29, 0.717) is 10.7 Å². The van der Waals surface area contributed by atoms with Crippen LogP contribution >= 0.6 is 11.8 Å². The van der Waals surface area contributed by atoms with Gasteiger partial charge in [0, 0.05) is 26.1 Å². The van der Waals surface area contributed by atoms with E-state index in [0.717, 1.165) is 17.3 Å². The monoisotopic (exact) mass is 252 g/mol. The molecule has 1 heterocycles. The zero-order chi connectivity index (χ0) is 12.3. The largest absolute Gasteiger partial charge is 0.363 e. The van der Waals surface area contributed by atoms with Crippen LogP contribution in [0.25, 0.3) is 0 Å². The first-order valence-electron chi connectivity index (χ1n) is 5.42. The van der Waals surface area contributed by atoms with Crippen LogP contribution in [-0.4, -0.2) is 34.3 Å². The van der Waals surface area contributed by atoms with Crippen LogP contribution in [0.1, 0.15) is 11.1 Å². The lowest BCUT2D eigenvalue weighted by Crippen LogP contribution is -2.48. The van der Waals surface area contributed by atoms with Crippen LogP contribution < -0.4 is 0 Å². The summed E-state index contributed by atoms with van der Waals surface area (Å²) >= 11 is 1.01. The Morgan fingerprint density at radius 1 is 1.47 bits per heavy atom. The fourth-order valence-corrected chi connectivity index (χ4v) is 3.94. The van der Waals surface area contributed by atoms with E-state index in [-0.39, 0.29) is 6.42 Å². The average molecular weight is 252 g/mol. The Bertz CT molecular complexity index is 521. The molecular formula is C12H13FN2OS. The number of fused-ring (bicyclic) bond motifs is 3. The maximum absolute atomic E-state index is 15.0. The number of rotatable bonds is 0. The average Bonchev–Trinajstić information content (AvgIpc) is 2.66. The normalized spacial score (nSPS) is 37.4. The standard InChI is InChI=1S/C12H13FN2OS/c1-14-10-15(2)12(16)9-6-4-3-5-8(9)7-11(12,13)17-10/h3-6,16H,7H2,1-2H3. The zero-order valence-electron chi connectivity index (χ0n) is 9.64. The predicted molar refractivity (Wildman–Crippen MR) is 66.6 cm³/mol. The number of alkyl halides is 1. The van der Waals surface area contributed by atoms with Gasteiger partial charge in [-0.1, -0.05) is 24.3 Å². The van der Waals surface area contributed by atoms with E-state index in [4.69, 9.17) is 0 Å². The SMILES string of the molecule is CN=C1SC2(F)Cc3ccccc3C2(O)N1C. The van der Waals surface area contributed by atoms with Crippen molar-refractivity contribution in [2.75, 3.05) is 14.1 Å². The summed E-state index contributed by atoms with van der Waals surface area (Å²) in [6, 6.07) is 7.34. The molecule has 17 heavy (non-hydrogen) atoms. The molecule has 1 fully saturated rings. The number of thioether (sulfide) groups is 1. The lowest BCUT2D eigenvalue weighted by molar-refractivity contribution is -0.120. The molecule has 1 N–H and O–H groups in total. The second-order valence-corrected chi connectivity index (χ2v) is 5.62. The van der Waals surface area contributed by atoms with Gasteiger partial charge in [-0.3, -0.25) is 4.99 Å². The lowest BCUT2D eigenvalue weighted by Gasteiger charge is -2.33. The predicted octanol–water partition coefficient (Wildman–Crippen LogP) is 1.72. The molecule has 0 amide bonds. The van der Waals surface area contributed by atoms with Crippen LogP contribution in [0.3, 0.4) is 0 Å². The Hall–Kier alpha value is -1.07. The van der Waals surface area contributed by atoms with Crippen molar-refractivity contribution in [3.63, 3.8) is 0 Å². The Balaban J connectivity index is 2.23. The molecule has 2 atom stereocenters. The molecule has 3 nitrogen and oxygen atoms in total. The second-order valence-electron chi connectivity index (χ2n) is 4.40. The van der Waals surface area contributed by atoms with Crippen LogP contribution in [0.5, 0.6) is 0 Å². The smallest absolute Gasteiger partial charge is 0.219 e. The quantitative estimate of drug-likeness (QED) is 0.763. The molecule has 90 valence electrons. The van der Waals surface area contributed by atoms with E-state index in [1.54, 1.807) is 20.2 Å². The highest BCUT2D eigenvalue weighted by atomic mass is 32.2. The van der Waals surface area contributed by atoms with Gasteiger partial charge < -0.3 is 10.0 Å². The Kier molecular flexibility index (Phi) is 2.10. The number of hydrogen-bond donors (Lipinski definition) is 1. The third-order valence-corrected chi connectivity index (χ3v) is 4.94. The Morgan fingerprint density at radius 3 is 2.88 bits per heavy atom. The minimum absolute atomic E-state index is 0.216. The van der Waals surface area contributed by atoms with Crippen molar-refractivity contribution < 1.29 is 9.50 Å². The highest BCUT2D eigenvalue weighted by Crippen LogP contribution is 2.59. The third kappa shape index (κ3) is 1.13. The topological polar surface area (TPSA) is 35.8 Å². The number of amidine groups is 1. The first-order chi connectivity index (χ1) is 8.03. The summed E-state index contributed by atoms with van der Waals surface area (Å²) in [5.74, 6) is 0. The molecule has 0 aromatic heterocycles. The van der Waals surface area contributed by atoms with Crippen molar-refractivity contribution in [3.8, 4) is 0 Å². The number of halogens is 1. The second kappa shape index (κ2) is 3.23. The fourth-order valence-electron chi connectivity index (χ4n) is 2.67. The zero-order valence-corrected chi connectivity index (χ0v) is 10.5. The van der Waals surface area contributed by atoms with Crippen LogP contribution in [0, 0.1) is 0 Å². The molecule has 1 aliphatic heterocycles. The minimum Gasteiger partial charge on any atom is -0.363 e. The highest BCUT2D eigenvalue weighted by Gasteiger charge is 2.67. The third-order valence-electron chi connectivity index (χ3n) is 3.55. The highest BCUT2D eigenvalue weighted by molar-refractivity contribution is 8.15. The van der Waals surface area contributed by atoms with E-state index >= 15 is 0 Å². The number of hydrogen-bond acceptors (Lipinski definition) is 3. The van der Waals surface area contributed by atoms with E-state index in [2.05, 4.69) is 4.99 Å². The Morgan fingerprint density at radius 2 is 2.18 bits per heavy atom. The molecule has 1 aliphatic carbocycles. The molecule has 2 unspecified atom stereocenters. The van der Waals surface area contributed by atoms with E-state index in [9.17, 15) is 9.50 Å². The molecule has 0 spiro atoms. The van der Waals surface area contributed by atoms with Crippen LogP contribution in [0.2, 0.25) is 0 Å². The summed E-state index contributed by atoms with van der Waals surface area (Å²) in [4.78, 5) is 5.55. The summed E-state index contributed by atoms with van der Waals surface area (Å²) in [6.45, 7) is 0. The molecule has 3 rings (SSSR count). The van der Waals surface area contributed by atoms with Gasteiger partial charge in [-0.15, -0.1) is 0 Å². The van der Waals surface area contributed by atoms with Gasteiger partial charge in [0.15, 0.2) is 5.17 Å². The summed E-state index contributed by atoms with van der Waals surface area (Å²) in [7, 11) is 3.29. The summed E-state index contributed by atoms with van der Waals surface area (Å²) in [5, 5.41) is 9.56. The van der Waals surface area contributed by atoms with Crippen molar-refractivity contribution in [3.05, 3.63) is 35.4 Å². The van der Waals surface area contributed by atoms with Gasteiger partial charge in [0.1, 0.15) is 0 Å². The lowest BCUT2D eigenvalue weighted by atomic mass is 10.0. The number of aliphatic imine (C=N–C) groups is 1. The number of aliphatic hydroxyl groups is 1. The molecule has 0 radical (unpaired) electrons. The van der Waals surface area contributed by atoms with Crippen molar-refractivity contribution in [1.82, 2.24) is 4.90 Å². The van der Waals surface area contributed by atoms with Crippen LogP contribution in [-0.2, 0) is 12.1 Å². The molecule has 2 aliphatic rings. The molecule has 0 bridgehead atoms. The first-order valence-corrected chi connectivity index (χ1v) is 6.24. The number of benzene rings is 1.